The standard InChI is InChI=1S/C11H9F5O2/c1-6(9(17)18)7-2-4-8(5-3-7)10(12,13)11(14,15)16/h2-6H,1H3,(H,17,18). The molecule has 1 N–H and O–H groups in total. The fourth-order valence-electron chi connectivity index (χ4n) is 1.29. The molecule has 1 rings (SSSR count). The maximum absolute atomic E-state index is 12.9. The summed E-state index contributed by atoms with van der Waals surface area (Å²) >= 11 is 0. The van der Waals surface area contributed by atoms with Gasteiger partial charge < -0.3 is 5.11 Å². The summed E-state index contributed by atoms with van der Waals surface area (Å²) in [4.78, 5) is 10.6. The first-order valence-electron chi connectivity index (χ1n) is 4.85. The zero-order valence-electron chi connectivity index (χ0n) is 9.13. The van der Waals surface area contributed by atoms with Gasteiger partial charge in [-0.1, -0.05) is 24.3 Å². The highest BCUT2D eigenvalue weighted by Gasteiger charge is 2.58. The van der Waals surface area contributed by atoms with Gasteiger partial charge in [0.15, 0.2) is 0 Å². The summed E-state index contributed by atoms with van der Waals surface area (Å²) in [6, 6.07) is 3.08. The number of alkyl halides is 5. The lowest BCUT2D eigenvalue weighted by atomic mass is 9.98. The molecule has 0 fully saturated rings. The van der Waals surface area contributed by atoms with E-state index in [0.29, 0.717) is 12.1 Å². The molecular weight excluding hydrogens is 259 g/mol. The van der Waals surface area contributed by atoms with Gasteiger partial charge in [0.05, 0.1) is 5.92 Å². The number of hydrogen-bond acceptors (Lipinski definition) is 1. The summed E-state index contributed by atoms with van der Waals surface area (Å²) in [6.07, 6.45) is -5.67. The van der Waals surface area contributed by atoms with Gasteiger partial charge in [0.25, 0.3) is 0 Å². The highest BCUT2D eigenvalue weighted by molar-refractivity contribution is 5.75. The van der Waals surface area contributed by atoms with Crippen LogP contribution in [0.15, 0.2) is 24.3 Å². The molecule has 0 saturated heterocycles. The number of benzene rings is 1. The number of carbonyl (C=O) groups is 1. The smallest absolute Gasteiger partial charge is 0.458 e. The lowest BCUT2D eigenvalue weighted by Gasteiger charge is -2.20. The third-order valence-electron chi connectivity index (χ3n) is 2.50. The van der Waals surface area contributed by atoms with Crippen LogP contribution in [-0.2, 0) is 10.7 Å². The third kappa shape index (κ3) is 2.60. The molecule has 7 heteroatoms. The average molecular weight is 268 g/mol. The van der Waals surface area contributed by atoms with Gasteiger partial charge in [-0.05, 0) is 12.5 Å². The number of carboxylic acid groups (broad SMARTS) is 1. The van der Waals surface area contributed by atoms with Crippen molar-refractivity contribution in [3.63, 3.8) is 0 Å². The van der Waals surface area contributed by atoms with Crippen LogP contribution in [0.25, 0.3) is 0 Å². The van der Waals surface area contributed by atoms with Crippen molar-refractivity contribution >= 4 is 5.97 Å². The molecule has 0 aliphatic heterocycles. The van der Waals surface area contributed by atoms with E-state index < -0.39 is 29.5 Å². The number of rotatable bonds is 3. The van der Waals surface area contributed by atoms with Crippen LogP contribution in [0.4, 0.5) is 22.0 Å². The second-order valence-electron chi connectivity index (χ2n) is 3.75. The molecule has 2 nitrogen and oxygen atoms in total. The molecule has 1 aromatic carbocycles. The Kier molecular flexibility index (Phi) is 3.64. The van der Waals surface area contributed by atoms with Crippen molar-refractivity contribution in [2.75, 3.05) is 0 Å². The predicted octanol–water partition coefficient (Wildman–Crippen LogP) is 3.53. The molecule has 0 saturated carbocycles. The molecule has 0 bridgehead atoms. The Labute approximate surface area is 99.0 Å². The van der Waals surface area contributed by atoms with Gasteiger partial charge in [-0.15, -0.1) is 0 Å². The summed E-state index contributed by atoms with van der Waals surface area (Å²) < 4.78 is 62.0. The minimum Gasteiger partial charge on any atom is -0.481 e. The zero-order valence-corrected chi connectivity index (χ0v) is 9.13. The van der Waals surface area contributed by atoms with E-state index in [1.807, 2.05) is 0 Å². The highest BCUT2D eigenvalue weighted by atomic mass is 19.4. The minimum atomic E-state index is -5.67. The average Bonchev–Trinajstić information content (AvgIpc) is 2.26. The van der Waals surface area contributed by atoms with Crippen LogP contribution in [0.5, 0.6) is 0 Å². The molecule has 0 heterocycles. The van der Waals surface area contributed by atoms with Crippen LogP contribution < -0.4 is 0 Å². The maximum atomic E-state index is 12.9. The Morgan fingerprint density at radius 3 is 1.89 bits per heavy atom. The van der Waals surface area contributed by atoms with E-state index in [0.717, 1.165) is 12.1 Å². The predicted molar refractivity (Wildman–Crippen MR) is 52.4 cm³/mol. The van der Waals surface area contributed by atoms with E-state index in [1.54, 1.807) is 0 Å². The largest absolute Gasteiger partial charge is 0.481 e. The lowest BCUT2D eigenvalue weighted by molar-refractivity contribution is -0.289. The van der Waals surface area contributed by atoms with Crippen molar-refractivity contribution in [2.24, 2.45) is 0 Å². The van der Waals surface area contributed by atoms with Crippen molar-refractivity contribution in [1.29, 1.82) is 0 Å². The summed E-state index contributed by atoms with van der Waals surface area (Å²) in [5, 5.41) is 8.67. The fourth-order valence-corrected chi connectivity index (χ4v) is 1.29. The molecule has 1 atom stereocenters. The molecular formula is C11H9F5O2. The van der Waals surface area contributed by atoms with Crippen LogP contribution in [-0.4, -0.2) is 17.3 Å². The second kappa shape index (κ2) is 4.55. The SMILES string of the molecule is CC(C(=O)O)c1ccc(C(F)(F)C(F)(F)F)cc1. The van der Waals surface area contributed by atoms with Crippen molar-refractivity contribution in [3.05, 3.63) is 35.4 Å². The van der Waals surface area contributed by atoms with Crippen molar-refractivity contribution < 1.29 is 31.9 Å². The molecule has 0 amide bonds. The molecule has 0 aliphatic carbocycles. The quantitative estimate of drug-likeness (QED) is 0.851. The number of aliphatic carboxylic acids is 1. The van der Waals surface area contributed by atoms with Gasteiger partial charge in [-0.3, -0.25) is 4.79 Å². The molecule has 0 radical (unpaired) electrons. The van der Waals surface area contributed by atoms with E-state index in [2.05, 4.69) is 0 Å². The number of halogens is 5. The van der Waals surface area contributed by atoms with Gasteiger partial charge in [0, 0.05) is 5.56 Å². The van der Waals surface area contributed by atoms with Crippen LogP contribution in [0.3, 0.4) is 0 Å². The Morgan fingerprint density at radius 1 is 1.11 bits per heavy atom. The Balaban J connectivity index is 3.07. The van der Waals surface area contributed by atoms with Crippen LogP contribution >= 0.6 is 0 Å². The molecule has 18 heavy (non-hydrogen) atoms. The van der Waals surface area contributed by atoms with Gasteiger partial charge in [-0.2, -0.15) is 22.0 Å². The third-order valence-corrected chi connectivity index (χ3v) is 2.50. The van der Waals surface area contributed by atoms with E-state index in [1.165, 1.54) is 6.92 Å². The summed E-state index contributed by atoms with van der Waals surface area (Å²) in [5.41, 5.74) is -1.06. The van der Waals surface area contributed by atoms with Crippen molar-refractivity contribution in [3.8, 4) is 0 Å². The first kappa shape index (κ1) is 14.4. The first-order valence-corrected chi connectivity index (χ1v) is 4.85. The van der Waals surface area contributed by atoms with Crippen molar-refractivity contribution in [2.45, 2.75) is 24.9 Å². The summed E-state index contributed by atoms with van der Waals surface area (Å²) in [6.45, 7) is 1.30. The maximum Gasteiger partial charge on any atom is 0.458 e. The molecule has 1 aromatic rings. The molecule has 0 spiro atoms. The first-order chi connectivity index (χ1) is 8.07. The highest BCUT2D eigenvalue weighted by Crippen LogP contribution is 2.43. The van der Waals surface area contributed by atoms with E-state index >= 15 is 0 Å². The Bertz CT molecular complexity index is 436. The summed E-state index contributed by atoms with van der Waals surface area (Å²) in [7, 11) is 0. The zero-order chi connectivity index (χ0) is 14.1. The van der Waals surface area contributed by atoms with E-state index in [9.17, 15) is 26.7 Å². The molecule has 100 valence electrons. The van der Waals surface area contributed by atoms with Crippen LogP contribution in [0.1, 0.15) is 24.0 Å². The van der Waals surface area contributed by atoms with Gasteiger partial charge >= 0.3 is 18.1 Å². The lowest BCUT2D eigenvalue weighted by Crippen LogP contribution is -2.33. The van der Waals surface area contributed by atoms with Gasteiger partial charge in [-0.25, -0.2) is 0 Å². The normalized spacial score (nSPS) is 14.3. The monoisotopic (exact) mass is 268 g/mol. The molecule has 1 unspecified atom stereocenters. The number of hydrogen-bond donors (Lipinski definition) is 1. The van der Waals surface area contributed by atoms with Crippen LogP contribution in [0, 0.1) is 0 Å². The topological polar surface area (TPSA) is 37.3 Å². The van der Waals surface area contributed by atoms with Gasteiger partial charge in [0.2, 0.25) is 0 Å². The van der Waals surface area contributed by atoms with E-state index in [4.69, 9.17) is 5.11 Å². The van der Waals surface area contributed by atoms with Crippen LogP contribution in [0.2, 0.25) is 0 Å². The fraction of sp³-hybridized carbons (Fsp3) is 0.364. The molecule has 0 aliphatic rings. The van der Waals surface area contributed by atoms with Crippen molar-refractivity contribution in [1.82, 2.24) is 0 Å². The van der Waals surface area contributed by atoms with E-state index in [-0.39, 0.29) is 5.56 Å². The second-order valence-corrected chi connectivity index (χ2v) is 3.75. The number of carboxylic acids is 1. The Morgan fingerprint density at radius 2 is 1.56 bits per heavy atom. The molecule has 0 aromatic heterocycles. The summed E-state index contributed by atoms with van der Waals surface area (Å²) in [5.74, 6) is -7.11. The Hall–Kier alpha value is -1.66. The minimum absolute atomic E-state index is 0.157. The van der Waals surface area contributed by atoms with Gasteiger partial charge in [0.1, 0.15) is 0 Å².